The number of nitrogens with zero attached hydrogens (tertiary/aromatic N) is 2. The van der Waals surface area contributed by atoms with Gasteiger partial charge in [-0.2, -0.15) is 0 Å². The van der Waals surface area contributed by atoms with E-state index in [1.165, 1.54) is 5.56 Å². The second kappa shape index (κ2) is 7.11. The van der Waals surface area contributed by atoms with Gasteiger partial charge in [-0.25, -0.2) is 4.98 Å². The van der Waals surface area contributed by atoms with Crippen LogP contribution in [0.3, 0.4) is 0 Å². The summed E-state index contributed by atoms with van der Waals surface area (Å²) in [6.07, 6.45) is 4.78. The van der Waals surface area contributed by atoms with Crippen LogP contribution in [0.4, 0.5) is 5.82 Å². The van der Waals surface area contributed by atoms with Crippen molar-refractivity contribution in [3.8, 4) is 0 Å². The second-order valence-electron chi connectivity index (χ2n) is 5.53. The van der Waals surface area contributed by atoms with Crippen LogP contribution < -0.4 is 5.73 Å². The molecule has 112 valence electrons. The summed E-state index contributed by atoms with van der Waals surface area (Å²) in [6.45, 7) is 8.93. The van der Waals surface area contributed by atoms with Crippen LogP contribution in [0, 0.1) is 0 Å². The molecule has 1 atom stereocenters. The van der Waals surface area contributed by atoms with Crippen LogP contribution in [0.5, 0.6) is 0 Å². The van der Waals surface area contributed by atoms with Gasteiger partial charge in [0.25, 0.3) is 0 Å². The maximum atomic E-state index is 6.30. The van der Waals surface area contributed by atoms with Crippen LogP contribution in [0.15, 0.2) is 43.0 Å². The number of allylic oxidation sites excluding steroid dienone is 1. The van der Waals surface area contributed by atoms with Crippen LogP contribution in [0.25, 0.3) is 0 Å². The monoisotopic (exact) mass is 283 g/mol. The van der Waals surface area contributed by atoms with E-state index in [4.69, 9.17) is 10.7 Å². The number of imidazole rings is 1. The zero-order chi connectivity index (χ0) is 15.2. The lowest BCUT2D eigenvalue weighted by atomic mass is 9.96. The molecule has 0 aliphatic carbocycles. The smallest absolute Gasteiger partial charge is 0.127 e. The van der Waals surface area contributed by atoms with E-state index >= 15 is 0 Å². The number of anilines is 1. The molecule has 2 N–H and O–H groups in total. The zero-order valence-electron chi connectivity index (χ0n) is 13.0. The molecule has 0 saturated carbocycles. The number of aromatic nitrogens is 2. The third kappa shape index (κ3) is 3.54. The van der Waals surface area contributed by atoms with Crippen LogP contribution in [-0.4, -0.2) is 9.55 Å². The SMILES string of the molecule is C=CCn1c(CCC)nc(CC(C)c2ccccc2)c1N. The van der Waals surface area contributed by atoms with Gasteiger partial charge in [0.1, 0.15) is 11.6 Å². The van der Waals surface area contributed by atoms with Crippen LogP contribution >= 0.6 is 0 Å². The van der Waals surface area contributed by atoms with Crippen molar-refractivity contribution in [2.24, 2.45) is 0 Å². The minimum Gasteiger partial charge on any atom is -0.384 e. The predicted octanol–water partition coefficient (Wildman–Crippen LogP) is 3.95. The topological polar surface area (TPSA) is 43.8 Å². The Kier molecular flexibility index (Phi) is 5.20. The number of nitrogens with two attached hydrogens (primary N) is 1. The zero-order valence-corrected chi connectivity index (χ0v) is 13.0. The fraction of sp³-hybridized carbons (Fsp3) is 0.389. The van der Waals surface area contributed by atoms with Gasteiger partial charge in [0.05, 0.1) is 5.69 Å². The number of hydrogen-bond donors (Lipinski definition) is 1. The van der Waals surface area contributed by atoms with E-state index in [-0.39, 0.29) is 0 Å². The molecule has 2 aromatic rings. The van der Waals surface area contributed by atoms with E-state index in [9.17, 15) is 0 Å². The van der Waals surface area contributed by atoms with E-state index in [0.717, 1.165) is 43.1 Å². The van der Waals surface area contributed by atoms with Gasteiger partial charge in [0.15, 0.2) is 0 Å². The highest BCUT2D eigenvalue weighted by atomic mass is 15.1. The van der Waals surface area contributed by atoms with Gasteiger partial charge in [-0.1, -0.05) is 50.3 Å². The summed E-state index contributed by atoms with van der Waals surface area (Å²) in [5, 5.41) is 0. The molecule has 1 aromatic heterocycles. The molecule has 0 amide bonds. The molecule has 0 saturated heterocycles. The van der Waals surface area contributed by atoms with Crippen molar-refractivity contribution < 1.29 is 0 Å². The first-order valence-electron chi connectivity index (χ1n) is 7.66. The Hall–Kier alpha value is -2.03. The largest absolute Gasteiger partial charge is 0.384 e. The number of hydrogen-bond acceptors (Lipinski definition) is 2. The Morgan fingerprint density at radius 3 is 2.67 bits per heavy atom. The molecule has 0 aliphatic rings. The van der Waals surface area contributed by atoms with Gasteiger partial charge >= 0.3 is 0 Å². The predicted molar refractivity (Wildman–Crippen MR) is 89.4 cm³/mol. The summed E-state index contributed by atoms with van der Waals surface area (Å²) in [7, 11) is 0. The molecule has 2 rings (SSSR count). The summed E-state index contributed by atoms with van der Waals surface area (Å²) in [6, 6.07) is 10.5. The molecular formula is C18H25N3. The molecule has 1 aromatic carbocycles. The Bertz CT molecular complexity index is 584. The molecule has 3 nitrogen and oxygen atoms in total. The lowest BCUT2D eigenvalue weighted by Gasteiger charge is -2.11. The summed E-state index contributed by atoms with van der Waals surface area (Å²) in [5.74, 6) is 2.28. The van der Waals surface area contributed by atoms with E-state index in [0.29, 0.717) is 5.92 Å². The Morgan fingerprint density at radius 1 is 1.33 bits per heavy atom. The van der Waals surface area contributed by atoms with Gasteiger partial charge in [0, 0.05) is 13.0 Å². The van der Waals surface area contributed by atoms with Crippen molar-refractivity contribution in [3.63, 3.8) is 0 Å². The first-order chi connectivity index (χ1) is 10.2. The minimum atomic E-state index is 0.412. The minimum absolute atomic E-state index is 0.412. The van der Waals surface area contributed by atoms with Gasteiger partial charge in [0.2, 0.25) is 0 Å². The summed E-state index contributed by atoms with van der Waals surface area (Å²) in [5.41, 5.74) is 8.64. The number of nitrogen functional groups attached to an aromatic ring is 1. The Labute approximate surface area is 127 Å². The third-order valence-electron chi connectivity index (χ3n) is 3.82. The highest BCUT2D eigenvalue weighted by Gasteiger charge is 2.16. The van der Waals surface area contributed by atoms with Crippen molar-refractivity contribution in [2.45, 2.75) is 45.6 Å². The molecule has 3 heteroatoms. The maximum Gasteiger partial charge on any atom is 0.127 e. The fourth-order valence-electron chi connectivity index (χ4n) is 2.66. The van der Waals surface area contributed by atoms with Crippen LogP contribution in [0.2, 0.25) is 0 Å². The molecule has 21 heavy (non-hydrogen) atoms. The van der Waals surface area contributed by atoms with Crippen molar-refractivity contribution >= 4 is 5.82 Å². The third-order valence-corrected chi connectivity index (χ3v) is 3.82. The molecular weight excluding hydrogens is 258 g/mol. The van der Waals surface area contributed by atoms with Crippen molar-refractivity contribution in [1.29, 1.82) is 0 Å². The van der Waals surface area contributed by atoms with Crippen LogP contribution in [-0.2, 0) is 19.4 Å². The van der Waals surface area contributed by atoms with Crippen molar-refractivity contribution in [3.05, 3.63) is 60.1 Å². The lowest BCUT2D eigenvalue weighted by Crippen LogP contribution is -2.07. The quantitative estimate of drug-likeness (QED) is 0.782. The highest BCUT2D eigenvalue weighted by Crippen LogP contribution is 2.24. The molecule has 0 aliphatic heterocycles. The number of rotatable bonds is 7. The Balaban J connectivity index is 2.23. The molecule has 0 fully saturated rings. The normalized spacial score (nSPS) is 12.3. The van der Waals surface area contributed by atoms with E-state index in [2.05, 4.69) is 49.3 Å². The van der Waals surface area contributed by atoms with Gasteiger partial charge in [-0.15, -0.1) is 6.58 Å². The highest BCUT2D eigenvalue weighted by molar-refractivity contribution is 5.40. The van der Waals surface area contributed by atoms with E-state index in [1.807, 2.05) is 12.1 Å². The summed E-state index contributed by atoms with van der Waals surface area (Å²) < 4.78 is 2.09. The number of aryl methyl sites for hydroxylation is 1. The first kappa shape index (κ1) is 15.4. The average Bonchev–Trinajstić information content (AvgIpc) is 2.78. The lowest BCUT2D eigenvalue weighted by molar-refractivity contribution is 0.721. The first-order valence-corrected chi connectivity index (χ1v) is 7.66. The second-order valence-corrected chi connectivity index (χ2v) is 5.53. The average molecular weight is 283 g/mol. The van der Waals surface area contributed by atoms with Crippen LogP contribution in [0.1, 0.15) is 43.3 Å². The molecule has 1 unspecified atom stereocenters. The maximum absolute atomic E-state index is 6.30. The van der Waals surface area contributed by atoms with E-state index in [1.54, 1.807) is 0 Å². The summed E-state index contributed by atoms with van der Waals surface area (Å²) >= 11 is 0. The van der Waals surface area contributed by atoms with E-state index < -0.39 is 0 Å². The number of benzene rings is 1. The molecule has 0 bridgehead atoms. The van der Waals surface area contributed by atoms with Gasteiger partial charge in [-0.3, -0.25) is 0 Å². The van der Waals surface area contributed by atoms with Gasteiger partial charge < -0.3 is 10.3 Å². The molecule has 0 spiro atoms. The standard InChI is InChI=1S/C18H25N3/c1-4-9-17-20-16(18(19)21(17)12-5-2)13-14(3)15-10-7-6-8-11-15/h5-8,10-11,14H,2,4,9,12-13,19H2,1,3H3. The van der Waals surface area contributed by atoms with Gasteiger partial charge in [-0.05, 0) is 24.3 Å². The summed E-state index contributed by atoms with van der Waals surface area (Å²) in [4.78, 5) is 4.77. The molecule has 0 radical (unpaired) electrons. The molecule has 1 heterocycles. The Morgan fingerprint density at radius 2 is 2.05 bits per heavy atom. The van der Waals surface area contributed by atoms with Crippen molar-refractivity contribution in [2.75, 3.05) is 5.73 Å². The van der Waals surface area contributed by atoms with Crippen molar-refractivity contribution in [1.82, 2.24) is 9.55 Å². The fourth-order valence-corrected chi connectivity index (χ4v) is 2.66.